The zero-order valence-corrected chi connectivity index (χ0v) is 17.0. The van der Waals surface area contributed by atoms with Gasteiger partial charge in [-0.15, -0.1) is 11.3 Å². The summed E-state index contributed by atoms with van der Waals surface area (Å²) in [5.41, 5.74) is 3.63. The number of carbonyl (C=O) groups is 3. The van der Waals surface area contributed by atoms with Crippen LogP contribution in [0.1, 0.15) is 40.0 Å². The normalized spacial score (nSPS) is 21.0. The van der Waals surface area contributed by atoms with Crippen molar-refractivity contribution in [1.82, 2.24) is 10.2 Å². The van der Waals surface area contributed by atoms with Crippen molar-refractivity contribution in [3.8, 4) is 0 Å². The predicted molar refractivity (Wildman–Crippen MR) is 108 cm³/mol. The van der Waals surface area contributed by atoms with Crippen LogP contribution in [0.4, 0.5) is 10.5 Å². The number of aryl methyl sites for hydroxylation is 4. The molecule has 1 atom stereocenters. The highest BCUT2D eigenvalue weighted by Crippen LogP contribution is 2.42. The highest BCUT2D eigenvalue weighted by atomic mass is 32.1. The molecule has 2 aliphatic rings. The third kappa shape index (κ3) is 2.90. The van der Waals surface area contributed by atoms with Gasteiger partial charge in [0, 0.05) is 16.1 Å². The molecule has 6 nitrogen and oxygen atoms in total. The second kappa shape index (κ2) is 6.74. The molecule has 1 aliphatic carbocycles. The lowest BCUT2D eigenvalue weighted by molar-refractivity contribution is -0.134. The van der Waals surface area contributed by atoms with E-state index in [2.05, 4.69) is 10.6 Å². The van der Waals surface area contributed by atoms with Crippen molar-refractivity contribution in [2.75, 3.05) is 11.9 Å². The molecular formula is C21H23N3O3S. The number of benzene rings is 1. The Morgan fingerprint density at radius 2 is 1.96 bits per heavy atom. The van der Waals surface area contributed by atoms with E-state index in [1.807, 2.05) is 44.4 Å². The molecule has 28 heavy (non-hydrogen) atoms. The number of fused-ring (bicyclic) bond motifs is 2. The van der Waals surface area contributed by atoms with Crippen molar-refractivity contribution in [2.45, 2.75) is 45.6 Å². The number of imide groups is 1. The Morgan fingerprint density at radius 3 is 2.68 bits per heavy atom. The van der Waals surface area contributed by atoms with E-state index in [0.717, 1.165) is 50.6 Å². The number of anilines is 1. The molecular weight excluding hydrogens is 374 g/mol. The lowest BCUT2D eigenvalue weighted by atomic mass is 9.80. The fourth-order valence-electron chi connectivity index (χ4n) is 4.38. The van der Waals surface area contributed by atoms with Crippen molar-refractivity contribution >= 4 is 34.9 Å². The second-order valence-corrected chi connectivity index (χ2v) is 8.66. The van der Waals surface area contributed by atoms with Gasteiger partial charge in [0.25, 0.3) is 5.91 Å². The number of nitrogens with one attached hydrogen (secondary N) is 2. The molecule has 1 spiro atoms. The first kappa shape index (κ1) is 18.7. The molecule has 1 saturated heterocycles. The Bertz CT molecular complexity index is 974. The van der Waals surface area contributed by atoms with E-state index >= 15 is 0 Å². The summed E-state index contributed by atoms with van der Waals surface area (Å²) in [6.07, 6.45) is 2.32. The van der Waals surface area contributed by atoms with Crippen molar-refractivity contribution in [3.05, 3.63) is 50.7 Å². The minimum Gasteiger partial charge on any atom is -0.324 e. The smallest absolute Gasteiger partial charge is 0.324 e. The third-order valence-corrected chi connectivity index (χ3v) is 6.56. The van der Waals surface area contributed by atoms with Gasteiger partial charge in [0.15, 0.2) is 0 Å². The predicted octanol–water partition coefficient (Wildman–Crippen LogP) is 3.40. The van der Waals surface area contributed by atoms with Crippen LogP contribution in [-0.4, -0.2) is 29.3 Å². The number of nitrogens with zero attached hydrogens (tertiary/aromatic N) is 1. The minimum absolute atomic E-state index is 0.293. The van der Waals surface area contributed by atoms with Gasteiger partial charge in [-0.2, -0.15) is 0 Å². The number of amides is 4. The quantitative estimate of drug-likeness (QED) is 0.779. The topological polar surface area (TPSA) is 78.5 Å². The van der Waals surface area contributed by atoms with Crippen LogP contribution < -0.4 is 10.6 Å². The number of urea groups is 1. The van der Waals surface area contributed by atoms with Crippen LogP contribution >= 0.6 is 11.3 Å². The Morgan fingerprint density at radius 1 is 1.25 bits per heavy atom. The number of rotatable bonds is 3. The fourth-order valence-corrected chi connectivity index (χ4v) is 5.38. The highest BCUT2D eigenvalue weighted by Gasteiger charge is 2.54. The van der Waals surface area contributed by atoms with Gasteiger partial charge in [-0.25, -0.2) is 4.79 Å². The summed E-state index contributed by atoms with van der Waals surface area (Å²) in [6, 6.07) is 5.40. The molecule has 1 aromatic carbocycles. The summed E-state index contributed by atoms with van der Waals surface area (Å²) in [4.78, 5) is 40.6. The van der Waals surface area contributed by atoms with Crippen LogP contribution in [-0.2, 0) is 21.5 Å². The summed E-state index contributed by atoms with van der Waals surface area (Å²) >= 11 is 1.61. The lowest BCUT2D eigenvalue weighted by Gasteiger charge is -2.31. The Labute approximate surface area is 167 Å². The molecule has 4 rings (SSSR count). The first-order valence-electron chi connectivity index (χ1n) is 9.40. The number of hydrogen-bond donors (Lipinski definition) is 2. The summed E-state index contributed by atoms with van der Waals surface area (Å²) in [7, 11) is 0. The van der Waals surface area contributed by atoms with Gasteiger partial charge in [0.2, 0.25) is 5.91 Å². The van der Waals surface area contributed by atoms with Gasteiger partial charge >= 0.3 is 6.03 Å². The van der Waals surface area contributed by atoms with E-state index in [1.165, 1.54) is 0 Å². The molecule has 0 bridgehead atoms. The molecule has 0 saturated carbocycles. The van der Waals surface area contributed by atoms with Gasteiger partial charge in [0.05, 0.1) is 0 Å². The monoisotopic (exact) mass is 397 g/mol. The fraction of sp³-hybridized carbons (Fsp3) is 0.381. The maximum absolute atomic E-state index is 13.2. The van der Waals surface area contributed by atoms with Crippen molar-refractivity contribution in [1.29, 1.82) is 0 Å². The zero-order chi connectivity index (χ0) is 20.1. The molecule has 1 unspecified atom stereocenters. The summed E-state index contributed by atoms with van der Waals surface area (Å²) < 4.78 is 0. The molecule has 2 N–H and O–H groups in total. The SMILES string of the molecule is Cc1cc(C)c(NC(=O)CN2C(=O)NC3(CCCc4sccc43)C2=O)c(C)c1. The van der Waals surface area contributed by atoms with Crippen LogP contribution in [0.15, 0.2) is 23.6 Å². The molecule has 2 aromatic rings. The van der Waals surface area contributed by atoms with Gasteiger partial charge in [-0.05, 0) is 62.6 Å². The third-order valence-electron chi connectivity index (χ3n) is 5.58. The Balaban J connectivity index is 1.55. The van der Waals surface area contributed by atoms with Gasteiger partial charge in [0.1, 0.15) is 12.1 Å². The van der Waals surface area contributed by atoms with E-state index in [9.17, 15) is 14.4 Å². The molecule has 1 fully saturated rings. The average Bonchev–Trinajstić information content (AvgIpc) is 3.19. The van der Waals surface area contributed by atoms with E-state index in [-0.39, 0.29) is 18.4 Å². The van der Waals surface area contributed by atoms with Crippen molar-refractivity contribution < 1.29 is 14.4 Å². The Hall–Kier alpha value is -2.67. The van der Waals surface area contributed by atoms with E-state index in [1.54, 1.807) is 11.3 Å². The molecule has 146 valence electrons. The molecule has 4 amide bonds. The van der Waals surface area contributed by atoms with Gasteiger partial charge in [-0.1, -0.05) is 17.7 Å². The van der Waals surface area contributed by atoms with Crippen molar-refractivity contribution in [2.24, 2.45) is 0 Å². The summed E-state index contributed by atoms with van der Waals surface area (Å²) in [5.74, 6) is -0.707. The number of thiophene rings is 1. The minimum atomic E-state index is -1.01. The standard InChI is InChI=1S/C21H23N3O3S/c1-12-9-13(2)18(14(3)10-12)22-17(25)11-24-19(26)21(23-20(24)27)7-4-5-16-15(21)6-8-28-16/h6,8-10H,4-5,7,11H2,1-3H3,(H,22,25)(H,23,27). The number of carbonyl (C=O) groups excluding carboxylic acids is 3. The van der Waals surface area contributed by atoms with Gasteiger partial charge < -0.3 is 10.6 Å². The van der Waals surface area contributed by atoms with Gasteiger partial charge in [-0.3, -0.25) is 14.5 Å². The Kier molecular flexibility index (Phi) is 4.50. The molecule has 2 heterocycles. The van der Waals surface area contributed by atoms with Crippen LogP contribution in [0.3, 0.4) is 0 Å². The van der Waals surface area contributed by atoms with E-state index in [4.69, 9.17) is 0 Å². The second-order valence-electron chi connectivity index (χ2n) is 7.66. The zero-order valence-electron chi connectivity index (χ0n) is 16.2. The van der Waals surface area contributed by atoms with E-state index in [0.29, 0.717) is 6.42 Å². The first-order valence-corrected chi connectivity index (χ1v) is 10.3. The lowest BCUT2D eigenvalue weighted by Crippen LogP contribution is -2.46. The molecule has 1 aromatic heterocycles. The maximum atomic E-state index is 13.2. The van der Waals surface area contributed by atoms with Crippen LogP contribution in [0.25, 0.3) is 0 Å². The largest absolute Gasteiger partial charge is 0.325 e. The maximum Gasteiger partial charge on any atom is 0.325 e. The van der Waals surface area contributed by atoms with Crippen molar-refractivity contribution in [3.63, 3.8) is 0 Å². The first-order chi connectivity index (χ1) is 13.3. The summed E-state index contributed by atoms with van der Waals surface area (Å²) in [6.45, 7) is 5.57. The van der Waals surface area contributed by atoms with Crippen LogP contribution in [0, 0.1) is 20.8 Å². The molecule has 7 heteroatoms. The average molecular weight is 398 g/mol. The van der Waals surface area contributed by atoms with Crippen LogP contribution in [0.2, 0.25) is 0 Å². The molecule has 1 aliphatic heterocycles. The number of hydrogen-bond acceptors (Lipinski definition) is 4. The summed E-state index contributed by atoms with van der Waals surface area (Å²) in [5, 5.41) is 7.70. The highest BCUT2D eigenvalue weighted by molar-refractivity contribution is 7.10. The van der Waals surface area contributed by atoms with E-state index < -0.39 is 11.6 Å². The van der Waals surface area contributed by atoms with Crippen LogP contribution in [0.5, 0.6) is 0 Å². The molecule has 0 radical (unpaired) electrons.